The molecule has 0 bridgehead atoms. The van der Waals surface area contributed by atoms with Gasteiger partial charge < -0.3 is 5.32 Å². The van der Waals surface area contributed by atoms with Crippen LogP contribution in [0.5, 0.6) is 0 Å². The highest BCUT2D eigenvalue weighted by Gasteiger charge is 2.35. The van der Waals surface area contributed by atoms with Crippen LogP contribution in [0, 0.1) is 0 Å². The minimum Gasteiger partial charge on any atom is -0.315 e. The van der Waals surface area contributed by atoms with Crippen molar-refractivity contribution in [3.8, 4) is 0 Å². The summed E-state index contributed by atoms with van der Waals surface area (Å²) < 4.78 is 23.6. The van der Waals surface area contributed by atoms with Gasteiger partial charge in [0.1, 0.15) is 5.25 Å². The molecule has 1 unspecified atom stereocenters. The highest BCUT2D eigenvalue weighted by atomic mass is 32.2. The largest absolute Gasteiger partial charge is 0.315 e. The first-order valence-corrected chi connectivity index (χ1v) is 8.14. The predicted octanol–water partition coefficient (Wildman–Crippen LogP) is 1.08. The van der Waals surface area contributed by atoms with E-state index in [1.54, 1.807) is 11.3 Å². The van der Waals surface area contributed by atoms with Gasteiger partial charge in [-0.3, -0.25) is 0 Å². The third-order valence-corrected chi connectivity index (χ3v) is 6.56. The molecule has 0 saturated carbocycles. The number of rotatable bonds is 2. The van der Waals surface area contributed by atoms with E-state index in [0.29, 0.717) is 11.7 Å². The second kappa shape index (κ2) is 3.78. The zero-order valence-electron chi connectivity index (χ0n) is 8.85. The van der Waals surface area contributed by atoms with E-state index < -0.39 is 9.84 Å². The van der Waals surface area contributed by atoms with E-state index in [1.165, 1.54) is 0 Å². The molecule has 88 valence electrons. The highest BCUT2D eigenvalue weighted by molar-refractivity contribution is 7.91. The van der Waals surface area contributed by atoms with Crippen molar-refractivity contribution in [3.63, 3.8) is 0 Å². The van der Waals surface area contributed by atoms with E-state index in [2.05, 4.69) is 10.3 Å². The lowest BCUT2D eigenvalue weighted by Crippen LogP contribution is -2.39. The number of hydrogen-bond acceptors (Lipinski definition) is 5. The quantitative estimate of drug-likeness (QED) is 0.862. The fourth-order valence-electron chi connectivity index (χ4n) is 2.22. The molecule has 3 rings (SSSR count). The summed E-state index contributed by atoms with van der Waals surface area (Å²) in [5, 5.41) is 5.90. The third kappa shape index (κ3) is 1.69. The Morgan fingerprint density at radius 3 is 2.81 bits per heavy atom. The zero-order valence-corrected chi connectivity index (χ0v) is 10.5. The maximum absolute atomic E-state index is 11.8. The van der Waals surface area contributed by atoms with E-state index in [4.69, 9.17) is 0 Å². The van der Waals surface area contributed by atoms with Crippen LogP contribution in [-0.2, 0) is 9.84 Å². The summed E-state index contributed by atoms with van der Waals surface area (Å²) in [6, 6.07) is 0. The first-order chi connectivity index (χ1) is 7.67. The fourth-order valence-corrected chi connectivity index (χ4v) is 5.15. The molecule has 0 spiro atoms. The zero-order chi connectivity index (χ0) is 11.2. The molecule has 0 radical (unpaired) electrons. The van der Waals surface area contributed by atoms with E-state index in [1.807, 2.05) is 5.38 Å². The Hall–Kier alpha value is -0.460. The Morgan fingerprint density at radius 2 is 2.25 bits per heavy atom. The summed E-state index contributed by atoms with van der Waals surface area (Å²) in [5.41, 5.74) is 0.782. The monoisotopic (exact) mass is 258 g/mol. The molecule has 4 nitrogen and oxygen atoms in total. The smallest absolute Gasteiger partial charge is 0.158 e. The molecule has 3 heterocycles. The predicted molar refractivity (Wildman–Crippen MR) is 63.5 cm³/mol. The number of aromatic nitrogens is 1. The van der Waals surface area contributed by atoms with Crippen LogP contribution in [0.1, 0.15) is 34.7 Å². The highest BCUT2D eigenvalue weighted by Crippen LogP contribution is 2.36. The first-order valence-electron chi connectivity index (χ1n) is 5.54. The van der Waals surface area contributed by atoms with E-state index in [-0.39, 0.29) is 5.25 Å². The molecule has 1 aromatic rings. The van der Waals surface area contributed by atoms with Crippen molar-refractivity contribution in [1.29, 1.82) is 0 Å². The van der Waals surface area contributed by atoms with E-state index >= 15 is 0 Å². The summed E-state index contributed by atoms with van der Waals surface area (Å²) in [4.78, 5) is 4.51. The lowest BCUT2D eigenvalue weighted by Gasteiger charge is -2.24. The maximum Gasteiger partial charge on any atom is 0.158 e. The van der Waals surface area contributed by atoms with Gasteiger partial charge in [0.25, 0.3) is 0 Å². The number of thiazole rings is 1. The van der Waals surface area contributed by atoms with Gasteiger partial charge in [-0.25, -0.2) is 13.4 Å². The van der Waals surface area contributed by atoms with Gasteiger partial charge in [-0.1, -0.05) is 0 Å². The van der Waals surface area contributed by atoms with Crippen LogP contribution in [0.4, 0.5) is 0 Å². The van der Waals surface area contributed by atoms with Crippen molar-refractivity contribution < 1.29 is 8.42 Å². The molecular weight excluding hydrogens is 244 g/mol. The van der Waals surface area contributed by atoms with Crippen LogP contribution in [0.3, 0.4) is 0 Å². The lowest BCUT2D eigenvalue weighted by atomic mass is 10.1. The Balaban J connectivity index is 1.86. The molecular formula is C10H14N2O2S2. The van der Waals surface area contributed by atoms with Gasteiger partial charge in [-0.05, 0) is 12.8 Å². The first kappa shape index (κ1) is 10.7. The van der Waals surface area contributed by atoms with Crippen LogP contribution in [0.25, 0.3) is 0 Å². The van der Waals surface area contributed by atoms with Crippen LogP contribution in [0.2, 0.25) is 0 Å². The fraction of sp³-hybridized carbons (Fsp3) is 0.700. The molecule has 6 heteroatoms. The lowest BCUT2D eigenvalue weighted by molar-refractivity contribution is 0.446. The molecule has 1 aromatic heterocycles. The van der Waals surface area contributed by atoms with Crippen LogP contribution >= 0.6 is 11.3 Å². The second-order valence-corrected chi connectivity index (χ2v) is 7.66. The number of nitrogens with one attached hydrogen (secondary N) is 1. The summed E-state index contributed by atoms with van der Waals surface area (Å²) in [6.45, 7) is 1.95. The average Bonchev–Trinajstić information content (AvgIpc) is 2.68. The Bertz CT molecular complexity index is 491. The van der Waals surface area contributed by atoms with Crippen molar-refractivity contribution in [2.45, 2.75) is 24.0 Å². The van der Waals surface area contributed by atoms with Crippen molar-refractivity contribution in [2.24, 2.45) is 0 Å². The molecule has 2 aliphatic rings. The standard InChI is InChI=1S/C10H14N2O2S2/c13-16(14)3-1-2-9(16)8-6-15-10(12-8)7-4-11-5-7/h6-7,9,11H,1-5H2. The normalized spacial score (nSPS) is 29.1. The number of sulfone groups is 1. The number of nitrogens with zero attached hydrogens (tertiary/aromatic N) is 1. The molecule has 0 amide bonds. The van der Waals surface area contributed by atoms with Crippen LogP contribution in [0.15, 0.2) is 5.38 Å². The van der Waals surface area contributed by atoms with Gasteiger partial charge >= 0.3 is 0 Å². The van der Waals surface area contributed by atoms with Gasteiger partial charge in [0.15, 0.2) is 9.84 Å². The molecule has 2 fully saturated rings. The van der Waals surface area contributed by atoms with Crippen molar-refractivity contribution in [1.82, 2.24) is 10.3 Å². The Morgan fingerprint density at radius 1 is 1.44 bits per heavy atom. The van der Waals surface area contributed by atoms with Crippen LogP contribution < -0.4 is 5.32 Å². The summed E-state index contributed by atoms with van der Waals surface area (Å²) in [7, 11) is -2.91. The maximum atomic E-state index is 11.8. The van der Waals surface area contributed by atoms with Crippen molar-refractivity contribution >= 4 is 21.2 Å². The van der Waals surface area contributed by atoms with Gasteiger partial charge in [-0.15, -0.1) is 11.3 Å². The summed E-state index contributed by atoms with van der Waals surface area (Å²) in [6.07, 6.45) is 1.53. The van der Waals surface area contributed by atoms with Gasteiger partial charge in [0.2, 0.25) is 0 Å². The second-order valence-electron chi connectivity index (χ2n) is 4.46. The minimum atomic E-state index is -2.91. The molecule has 1 atom stereocenters. The molecule has 1 N–H and O–H groups in total. The molecule has 16 heavy (non-hydrogen) atoms. The number of hydrogen-bond donors (Lipinski definition) is 1. The van der Waals surface area contributed by atoms with Crippen LogP contribution in [-0.4, -0.2) is 32.2 Å². The minimum absolute atomic E-state index is 0.328. The Labute approximate surface area is 99.0 Å². The van der Waals surface area contributed by atoms with Crippen molar-refractivity contribution in [3.05, 3.63) is 16.1 Å². The SMILES string of the molecule is O=S1(=O)CCCC1c1csc(C2CNC2)n1. The van der Waals surface area contributed by atoms with Crippen molar-refractivity contribution in [2.75, 3.05) is 18.8 Å². The van der Waals surface area contributed by atoms with Gasteiger partial charge in [-0.2, -0.15) is 0 Å². The molecule has 0 aliphatic carbocycles. The summed E-state index contributed by atoms with van der Waals surface area (Å²) >= 11 is 1.61. The van der Waals surface area contributed by atoms with Gasteiger partial charge in [0, 0.05) is 24.4 Å². The topological polar surface area (TPSA) is 59.1 Å². The third-order valence-electron chi connectivity index (χ3n) is 3.33. The Kier molecular flexibility index (Phi) is 2.53. The summed E-state index contributed by atoms with van der Waals surface area (Å²) in [5.74, 6) is 0.832. The van der Waals surface area contributed by atoms with Gasteiger partial charge in [0.05, 0.1) is 16.5 Å². The van der Waals surface area contributed by atoms with E-state index in [9.17, 15) is 8.42 Å². The van der Waals surface area contributed by atoms with E-state index in [0.717, 1.165) is 36.6 Å². The molecule has 2 saturated heterocycles. The molecule has 2 aliphatic heterocycles. The average molecular weight is 258 g/mol. The molecule has 0 aromatic carbocycles.